The number of aromatic nitrogens is 2. The number of halogens is 2. The highest BCUT2D eigenvalue weighted by atomic mass is 35.5. The first-order valence-electron chi connectivity index (χ1n) is 4.90. The van der Waals surface area contributed by atoms with Gasteiger partial charge in [-0.05, 0) is 12.1 Å². The number of thiocarbonyl (C=S) groups is 1. The van der Waals surface area contributed by atoms with Gasteiger partial charge >= 0.3 is 0 Å². The van der Waals surface area contributed by atoms with Crippen molar-refractivity contribution in [2.75, 3.05) is 5.32 Å². The van der Waals surface area contributed by atoms with Crippen LogP contribution in [0.3, 0.4) is 0 Å². The molecule has 2 rings (SSSR count). The molecule has 92 valence electrons. The lowest BCUT2D eigenvalue weighted by molar-refractivity contribution is 1.16. The third kappa shape index (κ3) is 2.69. The Morgan fingerprint density at radius 3 is 2.56 bits per heavy atom. The maximum atomic E-state index is 6.06. The number of hydrogen-bond donors (Lipinski definition) is 2. The lowest BCUT2D eigenvalue weighted by Gasteiger charge is -2.11. The number of nitrogens with one attached hydrogen (secondary N) is 1. The highest BCUT2D eigenvalue weighted by Gasteiger charge is 2.11. The Morgan fingerprint density at radius 1 is 1.28 bits per heavy atom. The molecule has 2 aromatic rings. The van der Waals surface area contributed by atoms with Crippen molar-refractivity contribution in [2.24, 2.45) is 5.73 Å². The van der Waals surface area contributed by atoms with Crippen LogP contribution in [0.5, 0.6) is 0 Å². The summed E-state index contributed by atoms with van der Waals surface area (Å²) in [4.78, 5) is 8.13. The molecule has 1 aromatic carbocycles. The van der Waals surface area contributed by atoms with E-state index in [2.05, 4.69) is 15.3 Å². The van der Waals surface area contributed by atoms with Crippen molar-refractivity contribution in [2.45, 2.75) is 0 Å². The molecule has 0 aliphatic rings. The first-order chi connectivity index (χ1) is 8.59. The van der Waals surface area contributed by atoms with Gasteiger partial charge in [-0.1, -0.05) is 41.5 Å². The fraction of sp³-hybridized carbons (Fsp3) is 0. The second-order valence-electron chi connectivity index (χ2n) is 3.37. The minimum atomic E-state index is 0.196. The molecule has 0 saturated heterocycles. The molecule has 1 aromatic heterocycles. The van der Waals surface area contributed by atoms with E-state index in [1.54, 1.807) is 18.2 Å². The second-order valence-corrected chi connectivity index (χ2v) is 4.63. The van der Waals surface area contributed by atoms with Crippen LogP contribution in [0.25, 0.3) is 0 Å². The highest BCUT2D eigenvalue weighted by molar-refractivity contribution is 7.80. The monoisotopic (exact) mass is 298 g/mol. The van der Waals surface area contributed by atoms with Crippen molar-refractivity contribution in [3.8, 4) is 0 Å². The van der Waals surface area contributed by atoms with E-state index in [1.807, 2.05) is 0 Å². The Bertz CT molecular complexity index is 583. The van der Waals surface area contributed by atoms with Crippen LogP contribution in [0, 0.1) is 0 Å². The van der Waals surface area contributed by atoms with Crippen molar-refractivity contribution < 1.29 is 0 Å². The van der Waals surface area contributed by atoms with Crippen LogP contribution in [0.4, 0.5) is 11.5 Å². The summed E-state index contributed by atoms with van der Waals surface area (Å²) in [7, 11) is 0. The molecule has 1 heterocycles. The van der Waals surface area contributed by atoms with Crippen LogP contribution < -0.4 is 11.1 Å². The zero-order valence-electron chi connectivity index (χ0n) is 9.02. The molecule has 3 N–H and O–H groups in total. The molecule has 0 fully saturated rings. The van der Waals surface area contributed by atoms with Gasteiger partial charge in [-0.2, -0.15) is 0 Å². The molecule has 0 atom stereocenters. The van der Waals surface area contributed by atoms with Gasteiger partial charge < -0.3 is 11.1 Å². The smallest absolute Gasteiger partial charge is 0.144 e. The Kier molecular flexibility index (Phi) is 3.96. The van der Waals surface area contributed by atoms with E-state index in [9.17, 15) is 0 Å². The number of nitrogens with zero attached hydrogens (tertiary/aromatic N) is 2. The number of hydrogen-bond acceptors (Lipinski definition) is 4. The Morgan fingerprint density at radius 2 is 1.94 bits per heavy atom. The van der Waals surface area contributed by atoms with E-state index in [0.29, 0.717) is 27.1 Å². The van der Waals surface area contributed by atoms with Crippen LogP contribution in [-0.2, 0) is 0 Å². The number of benzene rings is 1. The Balaban J connectivity index is 2.43. The van der Waals surface area contributed by atoms with Crippen LogP contribution in [0.2, 0.25) is 10.0 Å². The summed E-state index contributed by atoms with van der Waals surface area (Å²) in [5.74, 6) is 0.465. The molecule has 0 aliphatic carbocycles. The van der Waals surface area contributed by atoms with E-state index >= 15 is 0 Å². The summed E-state index contributed by atoms with van der Waals surface area (Å²) in [6, 6.07) is 5.19. The Labute approximate surface area is 119 Å². The predicted octanol–water partition coefficient (Wildman–Crippen LogP) is 3.16. The number of rotatable bonds is 3. The molecule has 7 heteroatoms. The van der Waals surface area contributed by atoms with Crippen molar-refractivity contribution >= 4 is 51.9 Å². The zero-order valence-corrected chi connectivity index (χ0v) is 11.4. The first kappa shape index (κ1) is 13.0. The normalized spacial score (nSPS) is 10.1. The number of anilines is 2. The zero-order chi connectivity index (χ0) is 13.1. The van der Waals surface area contributed by atoms with Crippen molar-refractivity contribution in [1.82, 2.24) is 9.97 Å². The van der Waals surface area contributed by atoms with Crippen LogP contribution in [0.1, 0.15) is 5.56 Å². The summed E-state index contributed by atoms with van der Waals surface area (Å²) in [5.41, 5.74) is 6.67. The molecule has 0 bridgehead atoms. The highest BCUT2D eigenvalue weighted by Crippen LogP contribution is 2.32. The molecule has 0 aliphatic heterocycles. The van der Waals surface area contributed by atoms with Gasteiger partial charge in [0, 0.05) is 6.20 Å². The first-order valence-corrected chi connectivity index (χ1v) is 6.07. The molecule has 0 saturated carbocycles. The lowest BCUT2D eigenvalue weighted by atomic mass is 10.2. The van der Waals surface area contributed by atoms with Crippen molar-refractivity contribution in [3.05, 3.63) is 46.3 Å². The van der Waals surface area contributed by atoms with Gasteiger partial charge in [-0.25, -0.2) is 9.97 Å². The molecule has 0 unspecified atom stereocenters. The van der Waals surface area contributed by atoms with E-state index in [0.717, 1.165) is 0 Å². The summed E-state index contributed by atoms with van der Waals surface area (Å²) in [6.45, 7) is 0. The predicted molar refractivity (Wildman–Crippen MR) is 77.7 cm³/mol. The van der Waals surface area contributed by atoms with Crippen molar-refractivity contribution in [1.29, 1.82) is 0 Å². The summed E-state index contributed by atoms with van der Waals surface area (Å²) in [5, 5.41) is 3.97. The van der Waals surface area contributed by atoms with Crippen molar-refractivity contribution in [3.63, 3.8) is 0 Å². The fourth-order valence-corrected chi connectivity index (χ4v) is 1.99. The number of nitrogens with two attached hydrogens (primary N) is 1. The topological polar surface area (TPSA) is 63.8 Å². The van der Waals surface area contributed by atoms with E-state index in [1.165, 1.54) is 12.5 Å². The van der Waals surface area contributed by atoms with Gasteiger partial charge in [0.05, 0.1) is 21.3 Å². The van der Waals surface area contributed by atoms with Gasteiger partial charge in [0.1, 0.15) is 17.1 Å². The summed E-state index contributed by atoms with van der Waals surface area (Å²) >= 11 is 17.0. The maximum Gasteiger partial charge on any atom is 0.144 e. The average molecular weight is 299 g/mol. The van der Waals surface area contributed by atoms with Gasteiger partial charge in [0.2, 0.25) is 0 Å². The molecular weight excluding hydrogens is 291 g/mol. The molecule has 18 heavy (non-hydrogen) atoms. The van der Waals surface area contributed by atoms with Gasteiger partial charge in [-0.15, -0.1) is 0 Å². The van der Waals surface area contributed by atoms with E-state index < -0.39 is 0 Å². The Hall–Kier alpha value is -1.43. The third-order valence-corrected chi connectivity index (χ3v) is 3.03. The lowest BCUT2D eigenvalue weighted by Crippen LogP contribution is -2.13. The fourth-order valence-electron chi connectivity index (χ4n) is 1.35. The summed E-state index contributed by atoms with van der Waals surface area (Å²) < 4.78 is 0. The second kappa shape index (κ2) is 5.48. The average Bonchev–Trinajstić information content (AvgIpc) is 2.34. The van der Waals surface area contributed by atoms with Crippen LogP contribution in [-0.4, -0.2) is 15.0 Å². The molecular formula is C11H8Cl2N4S. The SMILES string of the molecule is NC(=S)c1cncnc1Nc1c(Cl)cccc1Cl. The third-order valence-electron chi connectivity index (χ3n) is 2.18. The maximum absolute atomic E-state index is 6.06. The van der Waals surface area contributed by atoms with Crippen LogP contribution in [0.15, 0.2) is 30.7 Å². The summed E-state index contributed by atoms with van der Waals surface area (Å²) in [6.07, 6.45) is 2.91. The van der Waals surface area contributed by atoms with Gasteiger partial charge in [0.15, 0.2) is 0 Å². The van der Waals surface area contributed by atoms with Gasteiger partial charge in [-0.3, -0.25) is 0 Å². The number of para-hydroxylation sites is 1. The molecule has 0 radical (unpaired) electrons. The van der Waals surface area contributed by atoms with Crippen LogP contribution >= 0.6 is 35.4 Å². The molecule has 0 amide bonds. The quantitative estimate of drug-likeness (QED) is 0.852. The standard InChI is InChI=1S/C11H8Cl2N4S/c12-7-2-1-3-8(13)9(7)17-11-6(10(14)18)4-15-5-16-11/h1-5H,(H2,14,18)(H,15,16,17). The van der Waals surface area contributed by atoms with E-state index in [4.69, 9.17) is 41.2 Å². The van der Waals surface area contributed by atoms with Gasteiger partial charge in [0.25, 0.3) is 0 Å². The minimum absolute atomic E-state index is 0.196. The molecule has 4 nitrogen and oxygen atoms in total. The largest absolute Gasteiger partial charge is 0.389 e. The van der Waals surface area contributed by atoms with E-state index in [-0.39, 0.29) is 4.99 Å². The minimum Gasteiger partial charge on any atom is -0.389 e. The molecule has 0 spiro atoms.